The van der Waals surface area contributed by atoms with Gasteiger partial charge in [-0.25, -0.2) is 8.42 Å². The lowest BCUT2D eigenvalue weighted by Crippen LogP contribution is -2.44. The first-order chi connectivity index (χ1) is 12.3. The van der Waals surface area contributed by atoms with E-state index in [-0.39, 0.29) is 5.91 Å². The van der Waals surface area contributed by atoms with Gasteiger partial charge in [0, 0.05) is 44.8 Å². The number of benzene rings is 1. The lowest BCUT2D eigenvalue weighted by Gasteiger charge is -2.32. The number of nitrogens with one attached hydrogen (secondary N) is 2. The van der Waals surface area contributed by atoms with Crippen molar-refractivity contribution < 1.29 is 13.2 Å². The van der Waals surface area contributed by atoms with E-state index in [1.165, 1.54) is 0 Å². The number of piperidine rings is 1. The average molecular weight is 381 g/mol. The van der Waals surface area contributed by atoms with E-state index in [0.717, 1.165) is 64.1 Å². The van der Waals surface area contributed by atoms with Gasteiger partial charge in [0.25, 0.3) is 5.91 Å². The number of likely N-dealkylation sites (tertiary alicyclic amines) is 1. The summed E-state index contributed by atoms with van der Waals surface area (Å²) in [6.45, 7) is 7.03. The Morgan fingerprint density at radius 1 is 1.15 bits per heavy atom. The Morgan fingerprint density at radius 2 is 1.81 bits per heavy atom. The van der Waals surface area contributed by atoms with E-state index in [0.29, 0.717) is 17.2 Å². The highest BCUT2D eigenvalue weighted by molar-refractivity contribution is 7.92. The zero-order valence-corrected chi connectivity index (χ0v) is 16.3. The summed E-state index contributed by atoms with van der Waals surface area (Å²) in [4.78, 5) is 16.8. The minimum Gasteiger partial charge on any atom is -0.367 e. The van der Waals surface area contributed by atoms with E-state index in [4.69, 9.17) is 0 Å². The number of rotatable bonds is 4. The van der Waals surface area contributed by atoms with Crippen LogP contribution in [0.1, 0.15) is 30.1 Å². The normalized spacial score (nSPS) is 19.5. The average Bonchev–Trinajstić information content (AvgIpc) is 2.61. The van der Waals surface area contributed by atoms with Crippen molar-refractivity contribution in [1.29, 1.82) is 0 Å². The Hall–Kier alpha value is -1.80. The van der Waals surface area contributed by atoms with Crippen LogP contribution in [-0.4, -0.2) is 64.7 Å². The van der Waals surface area contributed by atoms with Crippen LogP contribution in [0.25, 0.3) is 0 Å². The fourth-order valence-electron chi connectivity index (χ4n) is 3.53. The maximum Gasteiger partial charge on any atom is 0.253 e. The molecule has 0 unspecified atom stereocenters. The number of piperazine rings is 1. The highest BCUT2D eigenvalue weighted by Crippen LogP contribution is 2.29. The molecule has 1 aromatic rings. The van der Waals surface area contributed by atoms with Crippen molar-refractivity contribution in [2.45, 2.75) is 19.8 Å². The molecule has 144 valence electrons. The number of hydrogen-bond acceptors (Lipinski definition) is 5. The molecule has 0 radical (unpaired) electrons. The second-order valence-corrected chi connectivity index (χ2v) is 9.07. The molecule has 2 aliphatic rings. The number of carbonyl (C=O) groups is 1. The molecule has 0 spiro atoms. The highest BCUT2D eigenvalue weighted by atomic mass is 32.2. The molecule has 0 aliphatic carbocycles. The number of nitrogens with zero attached hydrogens (tertiary/aromatic N) is 2. The third-order valence-corrected chi connectivity index (χ3v) is 5.66. The van der Waals surface area contributed by atoms with Crippen molar-refractivity contribution in [2.75, 3.05) is 55.1 Å². The van der Waals surface area contributed by atoms with E-state index in [2.05, 4.69) is 21.9 Å². The molecule has 2 aliphatic heterocycles. The lowest BCUT2D eigenvalue weighted by molar-refractivity contribution is 0.0697. The monoisotopic (exact) mass is 380 g/mol. The minimum atomic E-state index is -3.43. The Labute approximate surface area is 155 Å². The van der Waals surface area contributed by atoms with E-state index in [1.807, 2.05) is 17.0 Å². The summed E-state index contributed by atoms with van der Waals surface area (Å²) in [7, 11) is -3.43. The third-order valence-electron chi connectivity index (χ3n) is 5.07. The zero-order valence-electron chi connectivity index (χ0n) is 15.5. The quantitative estimate of drug-likeness (QED) is 0.824. The molecule has 1 aromatic carbocycles. The highest BCUT2D eigenvalue weighted by Gasteiger charge is 2.23. The first-order valence-corrected chi connectivity index (χ1v) is 11.1. The number of amides is 1. The fraction of sp³-hybridized carbons (Fsp3) is 0.611. The van der Waals surface area contributed by atoms with Gasteiger partial charge in [-0.1, -0.05) is 6.92 Å². The summed E-state index contributed by atoms with van der Waals surface area (Å²) < 4.78 is 26.2. The van der Waals surface area contributed by atoms with Crippen LogP contribution in [0.2, 0.25) is 0 Å². The molecule has 8 heteroatoms. The molecule has 2 saturated heterocycles. The Balaban J connectivity index is 1.87. The van der Waals surface area contributed by atoms with Gasteiger partial charge in [-0.2, -0.15) is 0 Å². The van der Waals surface area contributed by atoms with E-state index < -0.39 is 10.0 Å². The summed E-state index contributed by atoms with van der Waals surface area (Å²) >= 11 is 0. The molecule has 2 fully saturated rings. The van der Waals surface area contributed by atoms with E-state index >= 15 is 0 Å². The van der Waals surface area contributed by atoms with E-state index in [9.17, 15) is 13.2 Å². The zero-order chi connectivity index (χ0) is 18.7. The molecule has 2 N–H and O–H groups in total. The molecule has 1 amide bonds. The van der Waals surface area contributed by atoms with Gasteiger partial charge < -0.3 is 15.1 Å². The van der Waals surface area contributed by atoms with Crippen LogP contribution in [0, 0.1) is 5.92 Å². The summed E-state index contributed by atoms with van der Waals surface area (Å²) in [5.74, 6) is 0.622. The molecule has 26 heavy (non-hydrogen) atoms. The molecule has 0 bridgehead atoms. The Kier molecular flexibility index (Phi) is 5.72. The summed E-state index contributed by atoms with van der Waals surface area (Å²) in [6, 6.07) is 5.35. The summed E-state index contributed by atoms with van der Waals surface area (Å²) in [5, 5.41) is 3.29. The van der Waals surface area contributed by atoms with Gasteiger partial charge in [0.15, 0.2) is 0 Å². The number of sulfonamides is 1. The number of carbonyl (C=O) groups excluding carboxylic acids is 1. The lowest BCUT2D eigenvalue weighted by atomic mass is 9.98. The third kappa shape index (κ3) is 4.67. The molecule has 3 rings (SSSR count). The maximum atomic E-state index is 12.8. The fourth-order valence-corrected chi connectivity index (χ4v) is 4.09. The van der Waals surface area contributed by atoms with Crippen molar-refractivity contribution in [1.82, 2.24) is 10.2 Å². The largest absolute Gasteiger partial charge is 0.367 e. The van der Waals surface area contributed by atoms with Crippen molar-refractivity contribution in [3.63, 3.8) is 0 Å². The molecule has 7 nitrogen and oxygen atoms in total. The van der Waals surface area contributed by atoms with Crippen LogP contribution >= 0.6 is 0 Å². The van der Waals surface area contributed by atoms with E-state index in [1.54, 1.807) is 6.07 Å². The van der Waals surface area contributed by atoms with Gasteiger partial charge in [-0.3, -0.25) is 9.52 Å². The standard InChI is InChI=1S/C18H28N4O3S/c1-14-5-9-22(10-6-14)18(23)15-3-4-17(21-11-7-19-8-12-21)16(13-15)20-26(2,24)25/h3-4,13-14,19-20H,5-12H2,1-2H3. The van der Waals surface area contributed by atoms with Crippen LogP contribution in [0.5, 0.6) is 0 Å². The molecule has 0 atom stereocenters. The Morgan fingerprint density at radius 3 is 2.42 bits per heavy atom. The number of anilines is 2. The maximum absolute atomic E-state index is 12.8. The Bertz CT molecular complexity index is 752. The smallest absolute Gasteiger partial charge is 0.253 e. The van der Waals surface area contributed by atoms with Gasteiger partial charge in [0.2, 0.25) is 10.0 Å². The first kappa shape index (κ1) is 19.0. The van der Waals surface area contributed by atoms with Crippen LogP contribution in [0.15, 0.2) is 18.2 Å². The first-order valence-electron chi connectivity index (χ1n) is 9.20. The molecule has 0 saturated carbocycles. The van der Waals surface area contributed by atoms with Crippen molar-refractivity contribution >= 4 is 27.3 Å². The van der Waals surface area contributed by atoms with Crippen LogP contribution in [0.4, 0.5) is 11.4 Å². The van der Waals surface area contributed by atoms with Crippen molar-refractivity contribution in [3.05, 3.63) is 23.8 Å². The minimum absolute atomic E-state index is 0.0275. The van der Waals surface area contributed by atoms with Gasteiger partial charge in [0.1, 0.15) is 0 Å². The van der Waals surface area contributed by atoms with Crippen LogP contribution < -0.4 is 14.9 Å². The summed E-state index contributed by atoms with van der Waals surface area (Å²) in [6.07, 6.45) is 3.16. The topological polar surface area (TPSA) is 81.8 Å². The van der Waals surface area contributed by atoms with Crippen LogP contribution in [0.3, 0.4) is 0 Å². The van der Waals surface area contributed by atoms with Gasteiger partial charge >= 0.3 is 0 Å². The molecule has 2 heterocycles. The molecular formula is C18H28N4O3S. The van der Waals surface area contributed by atoms with Crippen molar-refractivity contribution in [2.24, 2.45) is 5.92 Å². The second-order valence-electron chi connectivity index (χ2n) is 7.32. The predicted octanol–water partition coefficient (Wildman–Crippen LogP) is 1.34. The van der Waals surface area contributed by atoms with Crippen LogP contribution in [-0.2, 0) is 10.0 Å². The predicted molar refractivity (Wildman–Crippen MR) is 104 cm³/mol. The van der Waals surface area contributed by atoms with Gasteiger partial charge in [0.05, 0.1) is 17.6 Å². The molecular weight excluding hydrogens is 352 g/mol. The SMILES string of the molecule is CC1CCN(C(=O)c2ccc(N3CCNCC3)c(NS(C)(=O)=O)c2)CC1. The van der Waals surface area contributed by atoms with Gasteiger partial charge in [-0.05, 0) is 37.0 Å². The number of hydrogen-bond donors (Lipinski definition) is 2. The van der Waals surface area contributed by atoms with Crippen molar-refractivity contribution in [3.8, 4) is 0 Å². The second kappa shape index (κ2) is 7.84. The van der Waals surface area contributed by atoms with Gasteiger partial charge in [-0.15, -0.1) is 0 Å². The summed E-state index contributed by atoms with van der Waals surface area (Å²) in [5.41, 5.74) is 1.83. The molecule has 0 aromatic heterocycles.